The molecule has 0 amide bonds. The van der Waals surface area contributed by atoms with E-state index in [2.05, 4.69) is 39.9 Å². The number of nitrogens with one attached hydrogen (secondary N) is 1. The summed E-state index contributed by atoms with van der Waals surface area (Å²) >= 11 is 0. The molecule has 2 atom stereocenters. The first-order valence-electron chi connectivity index (χ1n) is 7.25. The molecule has 17 heavy (non-hydrogen) atoms. The predicted octanol–water partition coefficient (Wildman–Crippen LogP) is 3.17. The van der Waals surface area contributed by atoms with Gasteiger partial charge >= 0.3 is 0 Å². The Kier molecular flexibility index (Phi) is 5.03. The molecule has 0 aromatic heterocycles. The molecule has 0 aromatic rings. The lowest BCUT2D eigenvalue weighted by molar-refractivity contribution is 0.198. The van der Waals surface area contributed by atoms with Gasteiger partial charge in [-0.2, -0.15) is 0 Å². The Morgan fingerprint density at radius 2 is 2.06 bits per heavy atom. The molecule has 0 spiro atoms. The van der Waals surface area contributed by atoms with Crippen LogP contribution in [-0.2, 0) is 0 Å². The Hall–Kier alpha value is -0.0800. The van der Waals surface area contributed by atoms with Gasteiger partial charge in [-0.25, -0.2) is 0 Å². The summed E-state index contributed by atoms with van der Waals surface area (Å²) in [6.07, 6.45) is 5.03. The molecule has 0 aromatic carbocycles. The molecule has 0 bridgehead atoms. The highest BCUT2D eigenvalue weighted by Crippen LogP contribution is 2.30. The van der Waals surface area contributed by atoms with Crippen LogP contribution in [0, 0.1) is 17.3 Å². The van der Waals surface area contributed by atoms with E-state index in [-0.39, 0.29) is 5.54 Å². The highest BCUT2D eigenvalue weighted by Gasteiger charge is 2.31. The third-order valence-corrected chi connectivity index (χ3v) is 4.75. The predicted molar refractivity (Wildman–Crippen MR) is 76.0 cm³/mol. The lowest BCUT2D eigenvalue weighted by Gasteiger charge is -2.38. The summed E-state index contributed by atoms with van der Waals surface area (Å²) < 4.78 is 0. The standard InChI is InChI=1S/C15H32N2/c1-12(2)14(4,5)10-17-11-15(16)8-6-7-13(3)9-15/h12-13,17H,6-11,16H2,1-5H3. The highest BCUT2D eigenvalue weighted by molar-refractivity contribution is 4.92. The molecule has 0 heterocycles. The molecule has 0 aliphatic heterocycles. The summed E-state index contributed by atoms with van der Waals surface area (Å²) in [5.41, 5.74) is 6.90. The first-order chi connectivity index (χ1) is 7.75. The number of rotatable bonds is 5. The van der Waals surface area contributed by atoms with Gasteiger partial charge in [-0.1, -0.05) is 47.5 Å². The normalized spacial score (nSPS) is 30.9. The first kappa shape index (κ1) is 15.0. The van der Waals surface area contributed by atoms with E-state index in [0.29, 0.717) is 11.3 Å². The summed E-state index contributed by atoms with van der Waals surface area (Å²) in [5, 5.41) is 3.61. The zero-order valence-corrected chi connectivity index (χ0v) is 12.5. The fourth-order valence-electron chi connectivity index (χ4n) is 2.70. The Morgan fingerprint density at radius 3 is 2.59 bits per heavy atom. The van der Waals surface area contributed by atoms with Gasteiger partial charge in [0.2, 0.25) is 0 Å². The number of hydrogen-bond donors (Lipinski definition) is 2. The van der Waals surface area contributed by atoms with E-state index in [4.69, 9.17) is 5.73 Å². The van der Waals surface area contributed by atoms with E-state index in [9.17, 15) is 0 Å². The second-order valence-corrected chi connectivity index (χ2v) is 7.31. The molecule has 1 aliphatic rings. The van der Waals surface area contributed by atoms with E-state index < -0.39 is 0 Å². The second-order valence-electron chi connectivity index (χ2n) is 7.31. The van der Waals surface area contributed by atoms with Crippen LogP contribution in [-0.4, -0.2) is 18.6 Å². The maximum atomic E-state index is 6.49. The van der Waals surface area contributed by atoms with Crippen LogP contribution in [0.2, 0.25) is 0 Å². The van der Waals surface area contributed by atoms with E-state index in [0.717, 1.165) is 19.0 Å². The van der Waals surface area contributed by atoms with Crippen molar-refractivity contribution in [3.63, 3.8) is 0 Å². The van der Waals surface area contributed by atoms with Crippen LogP contribution in [0.4, 0.5) is 0 Å². The molecule has 102 valence electrons. The van der Waals surface area contributed by atoms with Crippen molar-refractivity contribution < 1.29 is 0 Å². The monoisotopic (exact) mass is 240 g/mol. The van der Waals surface area contributed by atoms with Crippen molar-refractivity contribution in [3.8, 4) is 0 Å². The molecular formula is C15H32N2. The molecule has 0 saturated heterocycles. The molecule has 2 nitrogen and oxygen atoms in total. The van der Waals surface area contributed by atoms with Gasteiger partial charge in [0.1, 0.15) is 0 Å². The summed E-state index contributed by atoms with van der Waals surface area (Å²) in [6, 6.07) is 0. The summed E-state index contributed by atoms with van der Waals surface area (Å²) in [7, 11) is 0. The van der Waals surface area contributed by atoms with Gasteiger partial charge in [0.05, 0.1) is 0 Å². The van der Waals surface area contributed by atoms with E-state index in [1.54, 1.807) is 0 Å². The lowest BCUT2D eigenvalue weighted by Crippen LogP contribution is -2.53. The molecule has 1 aliphatic carbocycles. The fourth-order valence-corrected chi connectivity index (χ4v) is 2.70. The maximum absolute atomic E-state index is 6.49. The Bertz CT molecular complexity index is 235. The molecule has 1 saturated carbocycles. The average Bonchev–Trinajstić information content (AvgIpc) is 2.15. The molecule has 0 radical (unpaired) electrons. The third-order valence-electron chi connectivity index (χ3n) is 4.75. The van der Waals surface area contributed by atoms with Crippen molar-refractivity contribution in [1.29, 1.82) is 0 Å². The van der Waals surface area contributed by atoms with E-state index in [1.807, 2.05) is 0 Å². The lowest BCUT2D eigenvalue weighted by atomic mass is 9.76. The van der Waals surface area contributed by atoms with Crippen LogP contribution in [0.25, 0.3) is 0 Å². The van der Waals surface area contributed by atoms with Crippen molar-refractivity contribution in [2.24, 2.45) is 23.0 Å². The molecular weight excluding hydrogens is 208 g/mol. The minimum absolute atomic E-state index is 0.0464. The van der Waals surface area contributed by atoms with Crippen molar-refractivity contribution in [1.82, 2.24) is 5.32 Å². The van der Waals surface area contributed by atoms with Crippen LogP contribution in [0.3, 0.4) is 0 Å². The van der Waals surface area contributed by atoms with E-state index >= 15 is 0 Å². The van der Waals surface area contributed by atoms with Gasteiger partial charge < -0.3 is 11.1 Å². The Labute approximate surface area is 108 Å². The molecule has 1 fully saturated rings. The largest absolute Gasteiger partial charge is 0.324 e. The summed E-state index contributed by atoms with van der Waals surface area (Å²) in [6.45, 7) is 13.6. The van der Waals surface area contributed by atoms with Crippen molar-refractivity contribution in [2.75, 3.05) is 13.1 Å². The molecule has 2 unspecified atom stereocenters. The number of nitrogens with two attached hydrogens (primary N) is 1. The topological polar surface area (TPSA) is 38.0 Å². The van der Waals surface area contributed by atoms with Crippen molar-refractivity contribution in [2.45, 2.75) is 65.8 Å². The second kappa shape index (κ2) is 5.71. The van der Waals surface area contributed by atoms with Crippen molar-refractivity contribution in [3.05, 3.63) is 0 Å². The van der Waals surface area contributed by atoms with Crippen LogP contribution in [0.15, 0.2) is 0 Å². The Balaban J connectivity index is 2.35. The highest BCUT2D eigenvalue weighted by atomic mass is 14.9. The van der Waals surface area contributed by atoms with Crippen molar-refractivity contribution >= 4 is 0 Å². The van der Waals surface area contributed by atoms with E-state index in [1.165, 1.54) is 25.7 Å². The van der Waals surface area contributed by atoms with Crippen LogP contribution in [0.1, 0.15) is 60.3 Å². The average molecular weight is 240 g/mol. The van der Waals surface area contributed by atoms with Gasteiger partial charge in [0.25, 0.3) is 0 Å². The first-order valence-corrected chi connectivity index (χ1v) is 7.25. The molecule has 3 N–H and O–H groups in total. The van der Waals surface area contributed by atoms with Gasteiger partial charge in [0, 0.05) is 18.6 Å². The van der Waals surface area contributed by atoms with Gasteiger partial charge in [-0.05, 0) is 30.1 Å². The minimum Gasteiger partial charge on any atom is -0.324 e. The SMILES string of the molecule is CC1CCCC(N)(CNCC(C)(C)C(C)C)C1. The van der Waals surface area contributed by atoms with Crippen LogP contribution in [0.5, 0.6) is 0 Å². The quantitative estimate of drug-likeness (QED) is 0.774. The van der Waals surface area contributed by atoms with Crippen LogP contribution >= 0.6 is 0 Å². The minimum atomic E-state index is 0.0464. The molecule has 2 heteroatoms. The number of hydrogen-bond acceptors (Lipinski definition) is 2. The zero-order valence-electron chi connectivity index (χ0n) is 12.5. The van der Waals surface area contributed by atoms with Gasteiger partial charge in [-0.15, -0.1) is 0 Å². The summed E-state index contributed by atoms with van der Waals surface area (Å²) in [4.78, 5) is 0. The maximum Gasteiger partial charge on any atom is 0.0283 e. The summed E-state index contributed by atoms with van der Waals surface area (Å²) in [5.74, 6) is 1.50. The smallest absolute Gasteiger partial charge is 0.0283 e. The van der Waals surface area contributed by atoms with Gasteiger partial charge in [0.15, 0.2) is 0 Å². The Morgan fingerprint density at radius 1 is 1.41 bits per heavy atom. The third kappa shape index (κ3) is 4.59. The van der Waals surface area contributed by atoms with Gasteiger partial charge in [-0.3, -0.25) is 0 Å². The molecule has 1 rings (SSSR count). The zero-order chi connectivity index (χ0) is 13.1. The fraction of sp³-hybridized carbons (Fsp3) is 1.00. The van der Waals surface area contributed by atoms with Crippen LogP contribution < -0.4 is 11.1 Å².